The molecule has 1 fully saturated rings. The van der Waals surface area contributed by atoms with Crippen molar-refractivity contribution in [1.29, 1.82) is 0 Å². The Labute approximate surface area is 178 Å². The highest BCUT2D eigenvalue weighted by Gasteiger charge is 2.37. The van der Waals surface area contributed by atoms with Gasteiger partial charge in [0.1, 0.15) is 5.82 Å². The van der Waals surface area contributed by atoms with Crippen LogP contribution in [0.2, 0.25) is 0 Å². The Morgan fingerprint density at radius 2 is 1.77 bits per heavy atom. The number of rotatable bonds is 3. The Balaban J connectivity index is 1.29. The Kier molecular flexibility index (Phi) is 4.82. The molecule has 1 N–H and O–H groups in total. The van der Waals surface area contributed by atoms with Crippen LogP contribution in [0.5, 0.6) is 0 Å². The number of carbonyl (C=O) groups is 2. The van der Waals surface area contributed by atoms with Crippen LogP contribution in [-0.4, -0.2) is 52.6 Å². The van der Waals surface area contributed by atoms with E-state index in [1.54, 1.807) is 11.0 Å². The number of amides is 2. The molecule has 3 heterocycles. The molecular weight excluding hydrogens is 397 g/mol. The first-order valence-electron chi connectivity index (χ1n) is 10.1. The molecule has 1 atom stereocenters. The topological polar surface area (TPSA) is 78.4 Å². The molecule has 0 aliphatic carbocycles. The van der Waals surface area contributed by atoms with Gasteiger partial charge in [-0.2, -0.15) is 0 Å². The first-order chi connectivity index (χ1) is 15.1. The van der Waals surface area contributed by atoms with Gasteiger partial charge in [0.2, 0.25) is 0 Å². The number of anilines is 2. The van der Waals surface area contributed by atoms with Gasteiger partial charge in [0.25, 0.3) is 11.8 Å². The van der Waals surface area contributed by atoms with Gasteiger partial charge >= 0.3 is 0 Å². The molecule has 1 unspecified atom stereocenters. The summed E-state index contributed by atoms with van der Waals surface area (Å²) in [4.78, 5) is 29.3. The summed E-state index contributed by atoms with van der Waals surface area (Å²) >= 11 is 0. The van der Waals surface area contributed by atoms with Gasteiger partial charge in [0, 0.05) is 36.4 Å². The average molecular weight is 417 g/mol. The fourth-order valence-corrected chi connectivity index (χ4v) is 4.17. The van der Waals surface area contributed by atoms with Gasteiger partial charge in [-0.3, -0.25) is 9.59 Å². The van der Waals surface area contributed by atoms with Crippen molar-refractivity contribution < 1.29 is 14.0 Å². The van der Waals surface area contributed by atoms with Crippen LogP contribution in [0, 0.1) is 5.82 Å². The van der Waals surface area contributed by atoms with Gasteiger partial charge < -0.3 is 15.1 Å². The lowest BCUT2D eigenvalue weighted by Gasteiger charge is -2.38. The summed E-state index contributed by atoms with van der Waals surface area (Å²) in [5, 5.41) is 11.3. The summed E-state index contributed by atoms with van der Waals surface area (Å²) in [6, 6.07) is 16.7. The number of hydrogen-bond donors (Lipinski definition) is 1. The minimum Gasteiger partial charge on any atom is -0.348 e. The van der Waals surface area contributed by atoms with E-state index in [1.165, 1.54) is 24.3 Å². The molecule has 0 saturated carbocycles. The standard InChI is InChI=1S/C23H20FN5O2/c24-17-8-6-15(7-9-17)23(31)28-10-11-29-19(14-28)12-16-13-20(26-27-21(16)29)22(30)25-18-4-2-1-3-5-18/h1-9,13,19H,10-12,14H2,(H,25,30). The number of aromatic nitrogens is 2. The Morgan fingerprint density at radius 3 is 2.55 bits per heavy atom. The number of carbonyl (C=O) groups excluding carboxylic acids is 2. The van der Waals surface area contributed by atoms with Gasteiger partial charge in [0.05, 0.1) is 6.04 Å². The quantitative estimate of drug-likeness (QED) is 0.709. The number of hydrogen-bond acceptors (Lipinski definition) is 5. The van der Waals surface area contributed by atoms with E-state index in [1.807, 2.05) is 30.3 Å². The number of nitrogens with one attached hydrogen (secondary N) is 1. The number of piperazine rings is 1. The zero-order valence-electron chi connectivity index (χ0n) is 16.7. The van der Waals surface area contributed by atoms with Crippen molar-refractivity contribution in [3.63, 3.8) is 0 Å². The summed E-state index contributed by atoms with van der Waals surface area (Å²) in [5.74, 6) is -0.00228. The van der Waals surface area contributed by atoms with E-state index >= 15 is 0 Å². The zero-order valence-corrected chi connectivity index (χ0v) is 16.7. The first-order valence-corrected chi connectivity index (χ1v) is 10.1. The number of fused-ring (bicyclic) bond motifs is 3. The monoisotopic (exact) mass is 417 g/mol. The van der Waals surface area contributed by atoms with Crippen molar-refractivity contribution >= 4 is 23.3 Å². The highest BCUT2D eigenvalue weighted by molar-refractivity contribution is 6.03. The van der Waals surface area contributed by atoms with Gasteiger partial charge in [-0.05, 0) is 48.9 Å². The van der Waals surface area contributed by atoms with E-state index in [2.05, 4.69) is 20.4 Å². The van der Waals surface area contributed by atoms with Crippen molar-refractivity contribution in [2.24, 2.45) is 0 Å². The van der Waals surface area contributed by atoms with Crippen LogP contribution < -0.4 is 10.2 Å². The molecule has 2 amide bonds. The fourth-order valence-electron chi connectivity index (χ4n) is 4.17. The first kappa shape index (κ1) is 19.2. The highest BCUT2D eigenvalue weighted by atomic mass is 19.1. The molecule has 0 bridgehead atoms. The molecular formula is C23H20FN5O2. The number of nitrogens with zero attached hydrogens (tertiary/aromatic N) is 4. The Bertz CT molecular complexity index is 1140. The Hall–Kier alpha value is -3.81. The molecule has 1 aromatic heterocycles. The third-order valence-corrected chi connectivity index (χ3v) is 5.70. The lowest BCUT2D eigenvalue weighted by Crippen LogP contribution is -2.53. The molecule has 8 heteroatoms. The second-order valence-electron chi connectivity index (χ2n) is 7.71. The van der Waals surface area contributed by atoms with Crippen molar-refractivity contribution in [2.75, 3.05) is 29.9 Å². The molecule has 2 aliphatic heterocycles. The molecule has 2 aliphatic rings. The van der Waals surface area contributed by atoms with Gasteiger partial charge in [-0.25, -0.2) is 4.39 Å². The largest absolute Gasteiger partial charge is 0.348 e. The zero-order chi connectivity index (χ0) is 21.4. The molecule has 1 saturated heterocycles. The van der Waals surface area contributed by atoms with Crippen molar-refractivity contribution in [2.45, 2.75) is 12.5 Å². The maximum atomic E-state index is 13.2. The number of para-hydroxylation sites is 1. The predicted octanol–water partition coefficient (Wildman–Crippen LogP) is 2.76. The number of benzene rings is 2. The van der Waals surface area contributed by atoms with Crippen LogP contribution in [0.3, 0.4) is 0 Å². The Morgan fingerprint density at radius 1 is 1.00 bits per heavy atom. The SMILES string of the molecule is O=C(Nc1ccccc1)c1cc2c(nn1)N1CCN(C(=O)c3ccc(F)cc3)CC1C2. The normalized spacial score (nSPS) is 17.1. The van der Waals surface area contributed by atoms with E-state index in [0.717, 1.165) is 11.4 Å². The second-order valence-corrected chi connectivity index (χ2v) is 7.71. The van der Waals surface area contributed by atoms with Crippen LogP contribution in [0.4, 0.5) is 15.9 Å². The summed E-state index contributed by atoms with van der Waals surface area (Å²) < 4.78 is 13.2. The predicted molar refractivity (Wildman–Crippen MR) is 114 cm³/mol. The van der Waals surface area contributed by atoms with Crippen LogP contribution >= 0.6 is 0 Å². The van der Waals surface area contributed by atoms with E-state index in [4.69, 9.17) is 0 Å². The van der Waals surface area contributed by atoms with Crippen LogP contribution in [0.25, 0.3) is 0 Å². The minimum atomic E-state index is -0.363. The van der Waals surface area contributed by atoms with Crippen LogP contribution in [0.15, 0.2) is 60.7 Å². The van der Waals surface area contributed by atoms with Gasteiger partial charge in [-0.15, -0.1) is 10.2 Å². The third kappa shape index (κ3) is 3.72. The smallest absolute Gasteiger partial charge is 0.276 e. The second kappa shape index (κ2) is 7.79. The maximum absolute atomic E-state index is 13.2. The minimum absolute atomic E-state index is 0.0786. The van der Waals surface area contributed by atoms with E-state index in [9.17, 15) is 14.0 Å². The van der Waals surface area contributed by atoms with Gasteiger partial charge in [-0.1, -0.05) is 18.2 Å². The molecule has 0 radical (unpaired) electrons. The average Bonchev–Trinajstić information content (AvgIpc) is 3.16. The number of halogens is 1. The molecule has 3 aromatic rings. The molecule has 2 aromatic carbocycles. The van der Waals surface area contributed by atoms with E-state index in [-0.39, 0.29) is 29.4 Å². The van der Waals surface area contributed by atoms with Crippen molar-refractivity contribution in [3.8, 4) is 0 Å². The van der Waals surface area contributed by atoms with Crippen LogP contribution in [-0.2, 0) is 6.42 Å². The third-order valence-electron chi connectivity index (χ3n) is 5.70. The molecule has 7 nitrogen and oxygen atoms in total. The van der Waals surface area contributed by atoms with Crippen molar-refractivity contribution in [1.82, 2.24) is 15.1 Å². The summed E-state index contributed by atoms with van der Waals surface area (Å²) in [5.41, 5.74) is 2.39. The lowest BCUT2D eigenvalue weighted by atomic mass is 10.1. The maximum Gasteiger partial charge on any atom is 0.276 e. The van der Waals surface area contributed by atoms with E-state index < -0.39 is 0 Å². The van der Waals surface area contributed by atoms with Crippen LogP contribution in [0.1, 0.15) is 26.4 Å². The summed E-state index contributed by atoms with van der Waals surface area (Å²) in [7, 11) is 0. The molecule has 156 valence electrons. The molecule has 31 heavy (non-hydrogen) atoms. The van der Waals surface area contributed by atoms with E-state index in [0.29, 0.717) is 37.3 Å². The fraction of sp³-hybridized carbons (Fsp3) is 0.217. The molecule has 0 spiro atoms. The lowest BCUT2D eigenvalue weighted by molar-refractivity contribution is 0.0724. The van der Waals surface area contributed by atoms with Crippen molar-refractivity contribution in [3.05, 3.63) is 83.3 Å². The highest BCUT2D eigenvalue weighted by Crippen LogP contribution is 2.32. The molecule has 5 rings (SSSR count). The summed E-state index contributed by atoms with van der Waals surface area (Å²) in [6.07, 6.45) is 0.684. The van der Waals surface area contributed by atoms with Gasteiger partial charge in [0.15, 0.2) is 11.5 Å². The summed E-state index contributed by atoms with van der Waals surface area (Å²) in [6.45, 7) is 1.72.